The van der Waals surface area contributed by atoms with Crippen molar-refractivity contribution in [3.63, 3.8) is 0 Å². The highest BCUT2D eigenvalue weighted by molar-refractivity contribution is 5.84. The molecule has 2 aromatic rings. The quantitative estimate of drug-likeness (QED) is 0.688. The van der Waals surface area contributed by atoms with E-state index in [2.05, 4.69) is 5.48 Å². The molecular weight excluding hydrogens is 318 g/mol. The van der Waals surface area contributed by atoms with Gasteiger partial charge in [0.15, 0.2) is 0 Å². The minimum absolute atomic E-state index is 0.285. The zero-order chi connectivity index (χ0) is 18.1. The number of carboxylic acids is 1. The molecule has 0 radical (unpaired) electrons. The van der Waals surface area contributed by atoms with Gasteiger partial charge in [-0.15, -0.1) is 0 Å². The van der Waals surface area contributed by atoms with Gasteiger partial charge < -0.3 is 5.11 Å². The van der Waals surface area contributed by atoms with Crippen molar-refractivity contribution in [3.8, 4) is 0 Å². The predicted molar refractivity (Wildman–Crippen MR) is 94.7 cm³/mol. The van der Waals surface area contributed by atoms with Crippen LogP contribution in [-0.2, 0) is 27.3 Å². The first-order chi connectivity index (χ1) is 12.1. The second kappa shape index (κ2) is 9.59. The maximum absolute atomic E-state index is 12.5. The lowest BCUT2D eigenvalue weighted by Crippen LogP contribution is -2.40. The molecule has 0 aliphatic carbocycles. The van der Waals surface area contributed by atoms with Crippen LogP contribution in [0.3, 0.4) is 0 Å². The lowest BCUT2D eigenvalue weighted by atomic mass is 9.82. The van der Waals surface area contributed by atoms with E-state index in [0.717, 1.165) is 11.1 Å². The largest absolute Gasteiger partial charge is 0.481 e. The van der Waals surface area contributed by atoms with Gasteiger partial charge >= 0.3 is 5.97 Å². The molecule has 2 aromatic carbocycles. The van der Waals surface area contributed by atoms with Gasteiger partial charge in [0, 0.05) is 0 Å². The van der Waals surface area contributed by atoms with Crippen LogP contribution in [0, 0.1) is 11.8 Å². The number of carbonyl (C=O) groups is 2. The Labute approximate surface area is 147 Å². The standard InChI is InChI=1S/C20H23NO4/c1-2-25-21-19(22)17(13-15-9-5-3-6-10-15)18(20(23)24)14-16-11-7-4-8-12-16/h3-12,17-18H,2,13-14H2,1H3,(H,21,22)(H,23,24)/t17?,18-/m1/s1. The summed E-state index contributed by atoms with van der Waals surface area (Å²) in [7, 11) is 0. The van der Waals surface area contributed by atoms with Crippen molar-refractivity contribution in [1.29, 1.82) is 0 Å². The molecule has 0 spiro atoms. The van der Waals surface area contributed by atoms with Crippen LogP contribution in [0.15, 0.2) is 60.7 Å². The molecule has 2 atom stereocenters. The molecule has 0 heterocycles. The molecule has 132 valence electrons. The second-order valence-corrected chi connectivity index (χ2v) is 5.83. The Morgan fingerprint density at radius 2 is 1.40 bits per heavy atom. The highest BCUT2D eigenvalue weighted by Gasteiger charge is 2.34. The highest BCUT2D eigenvalue weighted by Crippen LogP contribution is 2.23. The monoisotopic (exact) mass is 341 g/mol. The summed E-state index contributed by atoms with van der Waals surface area (Å²) in [5, 5.41) is 9.74. The van der Waals surface area contributed by atoms with Crippen LogP contribution in [0.5, 0.6) is 0 Å². The Hall–Kier alpha value is -2.66. The summed E-state index contributed by atoms with van der Waals surface area (Å²) in [5.41, 5.74) is 4.17. The van der Waals surface area contributed by atoms with E-state index in [9.17, 15) is 14.7 Å². The van der Waals surface area contributed by atoms with Gasteiger partial charge in [0.1, 0.15) is 0 Å². The second-order valence-electron chi connectivity index (χ2n) is 5.83. The lowest BCUT2D eigenvalue weighted by molar-refractivity contribution is -0.151. The van der Waals surface area contributed by atoms with Gasteiger partial charge in [-0.2, -0.15) is 0 Å². The SMILES string of the molecule is CCONC(=O)C(Cc1ccccc1)[C@@H](Cc1ccccc1)C(=O)O. The molecule has 1 unspecified atom stereocenters. The van der Waals surface area contributed by atoms with Gasteiger partial charge in [0.25, 0.3) is 0 Å². The van der Waals surface area contributed by atoms with Gasteiger partial charge in [0.05, 0.1) is 18.4 Å². The van der Waals surface area contributed by atoms with Crippen LogP contribution < -0.4 is 5.48 Å². The zero-order valence-electron chi connectivity index (χ0n) is 14.2. The molecule has 25 heavy (non-hydrogen) atoms. The van der Waals surface area contributed by atoms with Gasteiger partial charge in [-0.3, -0.25) is 14.4 Å². The Morgan fingerprint density at radius 1 is 0.920 bits per heavy atom. The molecule has 0 aromatic heterocycles. The molecule has 2 N–H and O–H groups in total. The zero-order valence-corrected chi connectivity index (χ0v) is 14.2. The number of carbonyl (C=O) groups excluding carboxylic acids is 1. The third-order valence-electron chi connectivity index (χ3n) is 4.05. The van der Waals surface area contributed by atoms with Crippen LogP contribution in [-0.4, -0.2) is 23.6 Å². The highest BCUT2D eigenvalue weighted by atomic mass is 16.6. The van der Waals surface area contributed by atoms with E-state index in [4.69, 9.17) is 4.84 Å². The number of rotatable bonds is 9. The molecule has 0 aliphatic rings. The predicted octanol–water partition coefficient (Wildman–Crippen LogP) is 2.86. The van der Waals surface area contributed by atoms with E-state index in [-0.39, 0.29) is 6.42 Å². The van der Waals surface area contributed by atoms with Crippen molar-refractivity contribution in [2.75, 3.05) is 6.61 Å². The maximum atomic E-state index is 12.5. The van der Waals surface area contributed by atoms with E-state index in [1.165, 1.54) is 0 Å². The number of aliphatic carboxylic acids is 1. The fourth-order valence-corrected chi connectivity index (χ4v) is 2.77. The number of hydrogen-bond acceptors (Lipinski definition) is 3. The van der Waals surface area contributed by atoms with Gasteiger partial charge in [-0.25, -0.2) is 5.48 Å². The summed E-state index contributed by atoms with van der Waals surface area (Å²) in [4.78, 5) is 29.4. The van der Waals surface area contributed by atoms with E-state index >= 15 is 0 Å². The summed E-state index contributed by atoms with van der Waals surface area (Å²) in [6, 6.07) is 18.8. The molecule has 5 nitrogen and oxygen atoms in total. The first-order valence-corrected chi connectivity index (χ1v) is 8.34. The topological polar surface area (TPSA) is 75.6 Å². The van der Waals surface area contributed by atoms with Gasteiger partial charge in [-0.05, 0) is 30.9 Å². The Bertz CT molecular complexity index is 673. The van der Waals surface area contributed by atoms with Gasteiger partial charge in [-0.1, -0.05) is 60.7 Å². The summed E-state index contributed by atoms with van der Waals surface area (Å²) < 4.78 is 0. The summed E-state index contributed by atoms with van der Waals surface area (Å²) in [5.74, 6) is -2.97. The summed E-state index contributed by atoms with van der Waals surface area (Å²) in [6.07, 6.45) is 0.622. The number of amides is 1. The number of carboxylic acid groups (broad SMARTS) is 1. The third-order valence-corrected chi connectivity index (χ3v) is 4.05. The van der Waals surface area contributed by atoms with Crippen LogP contribution in [0.25, 0.3) is 0 Å². The molecule has 1 amide bonds. The molecule has 0 fully saturated rings. The van der Waals surface area contributed by atoms with Crippen molar-refractivity contribution in [2.45, 2.75) is 19.8 Å². The van der Waals surface area contributed by atoms with Gasteiger partial charge in [0.2, 0.25) is 5.91 Å². The van der Waals surface area contributed by atoms with Crippen LogP contribution in [0.2, 0.25) is 0 Å². The van der Waals surface area contributed by atoms with Crippen molar-refractivity contribution in [3.05, 3.63) is 71.8 Å². The van der Waals surface area contributed by atoms with E-state index in [0.29, 0.717) is 13.0 Å². The fourth-order valence-electron chi connectivity index (χ4n) is 2.77. The summed E-state index contributed by atoms with van der Waals surface area (Å²) >= 11 is 0. The lowest BCUT2D eigenvalue weighted by Gasteiger charge is -2.23. The molecule has 0 saturated heterocycles. The van der Waals surface area contributed by atoms with Crippen LogP contribution >= 0.6 is 0 Å². The molecule has 5 heteroatoms. The molecule has 2 rings (SSSR count). The van der Waals surface area contributed by atoms with Crippen LogP contribution in [0.4, 0.5) is 0 Å². The van der Waals surface area contributed by atoms with Crippen molar-refractivity contribution in [1.82, 2.24) is 5.48 Å². The minimum Gasteiger partial charge on any atom is -0.481 e. The molecule has 0 saturated carbocycles. The van der Waals surface area contributed by atoms with E-state index < -0.39 is 23.7 Å². The van der Waals surface area contributed by atoms with Crippen LogP contribution in [0.1, 0.15) is 18.1 Å². The van der Waals surface area contributed by atoms with E-state index in [1.54, 1.807) is 6.92 Å². The van der Waals surface area contributed by atoms with E-state index in [1.807, 2.05) is 60.7 Å². The average Bonchev–Trinajstić information content (AvgIpc) is 2.64. The normalized spacial score (nSPS) is 13.0. The van der Waals surface area contributed by atoms with Crippen molar-refractivity contribution < 1.29 is 19.5 Å². The first kappa shape index (κ1) is 18.7. The molecule has 0 aliphatic heterocycles. The van der Waals surface area contributed by atoms with Crippen molar-refractivity contribution in [2.24, 2.45) is 11.8 Å². The minimum atomic E-state index is -0.989. The molecule has 0 bridgehead atoms. The fraction of sp³-hybridized carbons (Fsp3) is 0.300. The summed E-state index contributed by atoms with van der Waals surface area (Å²) in [6.45, 7) is 2.07. The number of benzene rings is 2. The van der Waals surface area contributed by atoms with Crippen molar-refractivity contribution >= 4 is 11.9 Å². The maximum Gasteiger partial charge on any atom is 0.307 e. The first-order valence-electron chi connectivity index (χ1n) is 8.34. The smallest absolute Gasteiger partial charge is 0.307 e. The Balaban J connectivity index is 2.25. The number of nitrogens with one attached hydrogen (secondary N) is 1. The average molecular weight is 341 g/mol. The number of hydroxylamine groups is 1. The Morgan fingerprint density at radius 3 is 1.84 bits per heavy atom. The molecular formula is C20H23NO4. The third kappa shape index (κ3) is 5.72. The number of hydrogen-bond donors (Lipinski definition) is 2. The Kier molecular flexibility index (Phi) is 7.16.